The van der Waals surface area contributed by atoms with Crippen LogP contribution in [0.4, 0.5) is 0 Å². The van der Waals surface area contributed by atoms with Crippen molar-refractivity contribution in [1.82, 2.24) is 4.98 Å². The predicted molar refractivity (Wildman–Crippen MR) is 84.4 cm³/mol. The Morgan fingerprint density at radius 1 is 1.38 bits per heavy atom. The van der Waals surface area contributed by atoms with Gasteiger partial charge < -0.3 is 14.1 Å². The van der Waals surface area contributed by atoms with Crippen LogP contribution in [0.5, 0.6) is 5.88 Å². The molecule has 0 aliphatic rings. The molecule has 0 fully saturated rings. The van der Waals surface area contributed by atoms with Crippen molar-refractivity contribution in [3.05, 3.63) is 63.4 Å². The highest BCUT2D eigenvalue weighted by atomic mass is 16.5. The maximum absolute atomic E-state index is 12.2. The van der Waals surface area contributed by atoms with Crippen LogP contribution >= 0.6 is 0 Å². The van der Waals surface area contributed by atoms with Crippen molar-refractivity contribution in [2.24, 2.45) is 0 Å². The number of pyridine rings is 1. The Morgan fingerprint density at radius 3 is 2.81 bits per heavy atom. The lowest BCUT2D eigenvalue weighted by molar-refractivity contribution is 0.392. The second kappa shape index (κ2) is 6.79. The fourth-order valence-electron chi connectivity index (χ4n) is 1.90. The Balaban J connectivity index is 2.32. The summed E-state index contributed by atoms with van der Waals surface area (Å²) in [6.07, 6.45) is 7.74. The van der Waals surface area contributed by atoms with Gasteiger partial charge in [0.25, 0.3) is 0 Å². The van der Waals surface area contributed by atoms with Gasteiger partial charge in [-0.05, 0) is 44.6 Å². The Morgan fingerprint density at radius 2 is 2.19 bits per heavy atom. The van der Waals surface area contributed by atoms with Crippen molar-refractivity contribution in [1.29, 1.82) is 0 Å². The van der Waals surface area contributed by atoms with Crippen LogP contribution < -0.4 is 10.2 Å². The maximum Gasteiger partial charge on any atom is 0.198 e. The minimum atomic E-state index is -0.0396. The quantitative estimate of drug-likeness (QED) is 0.853. The van der Waals surface area contributed by atoms with Crippen molar-refractivity contribution in [2.45, 2.75) is 20.3 Å². The molecule has 0 saturated heterocycles. The molecule has 0 aliphatic carbocycles. The first-order valence-corrected chi connectivity index (χ1v) is 6.75. The van der Waals surface area contributed by atoms with Gasteiger partial charge in [0.1, 0.15) is 5.76 Å². The normalized spacial score (nSPS) is 10.8. The Bertz CT molecular complexity index is 702. The molecule has 2 aromatic heterocycles. The van der Waals surface area contributed by atoms with Gasteiger partial charge in [0.05, 0.1) is 18.9 Å². The molecule has 2 heterocycles. The molecule has 0 bridgehead atoms. The molecule has 0 amide bonds. The maximum atomic E-state index is 12.2. The van der Waals surface area contributed by atoms with Gasteiger partial charge in [-0.3, -0.25) is 4.79 Å². The van der Waals surface area contributed by atoms with Gasteiger partial charge in [-0.2, -0.15) is 0 Å². The molecule has 0 saturated carbocycles. The third kappa shape index (κ3) is 3.99. The highest BCUT2D eigenvalue weighted by molar-refractivity contribution is 5.65. The van der Waals surface area contributed by atoms with Gasteiger partial charge in [0.2, 0.25) is 0 Å². The highest BCUT2D eigenvalue weighted by Gasteiger charge is 2.08. The number of allylic oxidation sites excluding steroid dienone is 2. The fourth-order valence-corrected chi connectivity index (χ4v) is 1.90. The van der Waals surface area contributed by atoms with E-state index in [1.165, 1.54) is 5.57 Å². The van der Waals surface area contributed by atoms with E-state index in [0.717, 1.165) is 5.76 Å². The third-order valence-electron chi connectivity index (χ3n) is 3.00. The topological polar surface area (TPSA) is 55.2 Å². The van der Waals surface area contributed by atoms with E-state index in [0.29, 0.717) is 23.6 Å². The number of furan rings is 1. The summed E-state index contributed by atoms with van der Waals surface area (Å²) < 4.78 is 10.5. The molecule has 0 aliphatic heterocycles. The van der Waals surface area contributed by atoms with Crippen LogP contribution in [0.1, 0.15) is 30.9 Å². The molecule has 4 nitrogen and oxygen atoms in total. The molecule has 2 rings (SSSR count). The molecule has 1 N–H and O–H groups in total. The Kier molecular flexibility index (Phi) is 4.82. The van der Waals surface area contributed by atoms with Crippen LogP contribution in [0, 0.1) is 0 Å². The molecular formula is C17H19NO3. The number of aromatic nitrogens is 1. The lowest BCUT2D eigenvalue weighted by Crippen LogP contribution is -2.12. The SMILES string of the molecule is COc1[nH]c(/C=C\c2ccco2)cc(=O)c1CC=C(C)C. The summed E-state index contributed by atoms with van der Waals surface area (Å²) in [4.78, 5) is 15.3. The number of nitrogens with one attached hydrogen (secondary N) is 1. The van der Waals surface area contributed by atoms with Crippen molar-refractivity contribution in [2.75, 3.05) is 7.11 Å². The summed E-state index contributed by atoms with van der Waals surface area (Å²) in [5, 5.41) is 0. The van der Waals surface area contributed by atoms with Gasteiger partial charge in [-0.1, -0.05) is 11.6 Å². The number of ether oxygens (including phenoxy) is 1. The first-order chi connectivity index (χ1) is 10.1. The van der Waals surface area contributed by atoms with Crippen molar-refractivity contribution >= 4 is 12.2 Å². The van der Waals surface area contributed by atoms with Crippen molar-refractivity contribution in [3.8, 4) is 5.88 Å². The molecule has 2 aromatic rings. The van der Waals surface area contributed by atoms with Crippen LogP contribution in [0.3, 0.4) is 0 Å². The fraction of sp³-hybridized carbons (Fsp3) is 0.235. The molecule has 4 heteroatoms. The van der Waals surface area contributed by atoms with Gasteiger partial charge in [0.15, 0.2) is 11.3 Å². The smallest absolute Gasteiger partial charge is 0.198 e. The second-order valence-corrected chi connectivity index (χ2v) is 4.94. The average molecular weight is 285 g/mol. The van der Waals surface area contributed by atoms with E-state index >= 15 is 0 Å². The second-order valence-electron chi connectivity index (χ2n) is 4.94. The van der Waals surface area contributed by atoms with E-state index in [4.69, 9.17) is 9.15 Å². The number of hydrogen-bond donors (Lipinski definition) is 1. The molecule has 0 aromatic carbocycles. The summed E-state index contributed by atoms with van der Waals surface area (Å²) in [7, 11) is 1.55. The molecular weight excluding hydrogens is 266 g/mol. The van der Waals surface area contributed by atoms with Crippen molar-refractivity contribution < 1.29 is 9.15 Å². The number of hydrogen-bond acceptors (Lipinski definition) is 3. The lowest BCUT2D eigenvalue weighted by Gasteiger charge is -2.07. The zero-order chi connectivity index (χ0) is 15.2. The molecule has 0 atom stereocenters. The molecule has 21 heavy (non-hydrogen) atoms. The molecule has 0 unspecified atom stereocenters. The van der Waals surface area contributed by atoms with Gasteiger partial charge in [0, 0.05) is 11.8 Å². The number of aromatic amines is 1. The minimum Gasteiger partial charge on any atom is -0.482 e. The van der Waals surface area contributed by atoms with Crippen molar-refractivity contribution in [3.63, 3.8) is 0 Å². The number of H-pyrrole nitrogens is 1. The van der Waals surface area contributed by atoms with Crippen LogP contribution in [0.15, 0.2) is 45.3 Å². The summed E-state index contributed by atoms with van der Waals surface area (Å²) in [5.41, 5.74) is 2.43. The molecule has 0 radical (unpaired) electrons. The standard InChI is InChI=1S/C17H19NO3/c1-12(2)6-9-15-16(19)11-13(18-17(15)20-3)7-8-14-5-4-10-21-14/h4-8,10-11H,9H2,1-3H3,(H,18,19)/b8-7-. The predicted octanol–water partition coefficient (Wildman–Crippen LogP) is 3.66. The first kappa shape index (κ1) is 14.9. The molecule has 0 spiro atoms. The van der Waals surface area contributed by atoms with E-state index in [-0.39, 0.29) is 5.43 Å². The van der Waals surface area contributed by atoms with E-state index < -0.39 is 0 Å². The highest BCUT2D eigenvalue weighted by Crippen LogP contribution is 2.15. The van der Waals surface area contributed by atoms with Gasteiger partial charge in [-0.25, -0.2) is 0 Å². The zero-order valence-electron chi connectivity index (χ0n) is 12.5. The summed E-state index contributed by atoms with van der Waals surface area (Å²) in [5.74, 6) is 1.22. The Labute approximate surface area is 123 Å². The van der Waals surface area contributed by atoms with Crippen LogP contribution in [-0.2, 0) is 6.42 Å². The van der Waals surface area contributed by atoms with Crippen LogP contribution in [0.2, 0.25) is 0 Å². The van der Waals surface area contributed by atoms with E-state index in [1.807, 2.05) is 32.1 Å². The first-order valence-electron chi connectivity index (χ1n) is 6.75. The monoisotopic (exact) mass is 285 g/mol. The zero-order valence-corrected chi connectivity index (χ0v) is 12.5. The van der Waals surface area contributed by atoms with Crippen LogP contribution in [-0.4, -0.2) is 12.1 Å². The average Bonchev–Trinajstić information content (AvgIpc) is 2.96. The number of methoxy groups -OCH3 is 1. The van der Waals surface area contributed by atoms with Crippen LogP contribution in [0.25, 0.3) is 12.2 Å². The summed E-state index contributed by atoms with van der Waals surface area (Å²) in [6, 6.07) is 5.22. The largest absolute Gasteiger partial charge is 0.482 e. The lowest BCUT2D eigenvalue weighted by atomic mass is 10.1. The van der Waals surface area contributed by atoms with Gasteiger partial charge in [-0.15, -0.1) is 0 Å². The Hall–Kier alpha value is -2.49. The minimum absolute atomic E-state index is 0.0396. The summed E-state index contributed by atoms with van der Waals surface area (Å²) in [6.45, 7) is 4.00. The third-order valence-corrected chi connectivity index (χ3v) is 3.00. The number of rotatable bonds is 5. The van der Waals surface area contributed by atoms with E-state index in [9.17, 15) is 4.79 Å². The van der Waals surface area contributed by atoms with Gasteiger partial charge >= 0.3 is 0 Å². The van der Waals surface area contributed by atoms with E-state index in [2.05, 4.69) is 4.98 Å². The van der Waals surface area contributed by atoms with E-state index in [1.54, 1.807) is 31.6 Å². The molecule has 110 valence electrons. The summed E-state index contributed by atoms with van der Waals surface area (Å²) >= 11 is 0.